The maximum Gasteiger partial charge on any atom is 0.180 e. The summed E-state index contributed by atoms with van der Waals surface area (Å²) in [5.41, 5.74) is 2.83. The third kappa shape index (κ3) is 2.84. The van der Waals surface area contributed by atoms with Gasteiger partial charge in [-0.1, -0.05) is 25.4 Å². The van der Waals surface area contributed by atoms with Crippen molar-refractivity contribution < 1.29 is 0 Å². The second kappa shape index (κ2) is 5.53. The lowest BCUT2D eigenvalue weighted by molar-refractivity contribution is 0.833. The number of hydrogen-bond donors (Lipinski definition) is 1. The molecule has 2 heterocycles. The van der Waals surface area contributed by atoms with Crippen LogP contribution in [0.3, 0.4) is 0 Å². The molecular weight excluding hydrogens is 260 g/mol. The Morgan fingerprint density at radius 3 is 2.47 bits per heavy atom. The SMILES string of the molecule is CNc1nc(-c2ccc(Cl)cn2)nc(C)c1C(C)C. The third-order valence-electron chi connectivity index (χ3n) is 2.91. The van der Waals surface area contributed by atoms with Gasteiger partial charge in [0.2, 0.25) is 0 Å². The Morgan fingerprint density at radius 1 is 1.21 bits per heavy atom. The number of pyridine rings is 1. The van der Waals surface area contributed by atoms with Gasteiger partial charge in [0.05, 0.1) is 5.02 Å². The normalized spacial score (nSPS) is 10.8. The number of nitrogens with zero attached hydrogens (tertiary/aromatic N) is 3. The van der Waals surface area contributed by atoms with E-state index in [-0.39, 0.29) is 0 Å². The molecule has 0 unspecified atom stereocenters. The first-order valence-electron chi connectivity index (χ1n) is 6.21. The minimum Gasteiger partial charge on any atom is -0.373 e. The van der Waals surface area contributed by atoms with Crippen molar-refractivity contribution in [2.75, 3.05) is 12.4 Å². The monoisotopic (exact) mass is 276 g/mol. The van der Waals surface area contributed by atoms with Crippen LogP contribution >= 0.6 is 11.6 Å². The molecule has 2 rings (SSSR count). The molecular formula is C14H17ClN4. The van der Waals surface area contributed by atoms with Crippen LogP contribution in [0.15, 0.2) is 18.3 Å². The number of halogens is 1. The fraction of sp³-hybridized carbons (Fsp3) is 0.357. The fourth-order valence-electron chi connectivity index (χ4n) is 2.09. The van der Waals surface area contributed by atoms with Crippen molar-refractivity contribution in [3.63, 3.8) is 0 Å². The molecule has 19 heavy (non-hydrogen) atoms. The molecule has 4 nitrogen and oxygen atoms in total. The molecule has 2 aromatic heterocycles. The molecule has 2 aromatic rings. The maximum absolute atomic E-state index is 5.84. The second-order valence-electron chi connectivity index (χ2n) is 4.66. The number of aromatic nitrogens is 3. The number of aryl methyl sites for hydroxylation is 1. The van der Waals surface area contributed by atoms with Gasteiger partial charge < -0.3 is 5.32 Å². The van der Waals surface area contributed by atoms with Gasteiger partial charge in [-0.15, -0.1) is 0 Å². The standard InChI is InChI=1S/C14H17ClN4/c1-8(2)12-9(3)18-13(19-14(12)16-4)11-6-5-10(15)7-17-11/h5-8H,1-4H3,(H,16,18,19). The minimum absolute atomic E-state index is 0.370. The summed E-state index contributed by atoms with van der Waals surface area (Å²) in [6.45, 7) is 6.26. The van der Waals surface area contributed by atoms with Crippen molar-refractivity contribution >= 4 is 17.4 Å². The van der Waals surface area contributed by atoms with E-state index in [0.29, 0.717) is 16.8 Å². The number of rotatable bonds is 3. The Balaban J connectivity index is 2.54. The quantitative estimate of drug-likeness (QED) is 0.929. The zero-order valence-electron chi connectivity index (χ0n) is 11.5. The highest BCUT2D eigenvalue weighted by atomic mass is 35.5. The molecule has 0 spiro atoms. The smallest absolute Gasteiger partial charge is 0.180 e. The molecule has 0 aliphatic heterocycles. The van der Waals surface area contributed by atoms with Gasteiger partial charge in [-0.2, -0.15) is 0 Å². The Labute approximate surface area is 118 Å². The lowest BCUT2D eigenvalue weighted by Crippen LogP contribution is -2.07. The van der Waals surface area contributed by atoms with Gasteiger partial charge in [0.25, 0.3) is 0 Å². The van der Waals surface area contributed by atoms with Gasteiger partial charge in [-0.25, -0.2) is 9.97 Å². The lowest BCUT2D eigenvalue weighted by atomic mass is 10.0. The lowest BCUT2D eigenvalue weighted by Gasteiger charge is -2.15. The third-order valence-corrected chi connectivity index (χ3v) is 3.13. The molecule has 0 saturated heterocycles. The molecule has 0 fully saturated rings. The van der Waals surface area contributed by atoms with Crippen LogP contribution in [0.5, 0.6) is 0 Å². The van der Waals surface area contributed by atoms with Crippen molar-refractivity contribution in [2.24, 2.45) is 0 Å². The van der Waals surface area contributed by atoms with E-state index in [1.165, 1.54) is 0 Å². The van der Waals surface area contributed by atoms with Crippen LogP contribution in [0.25, 0.3) is 11.5 Å². The van der Waals surface area contributed by atoms with E-state index in [1.54, 1.807) is 12.3 Å². The molecule has 1 N–H and O–H groups in total. The molecule has 5 heteroatoms. The summed E-state index contributed by atoms with van der Waals surface area (Å²) in [5.74, 6) is 1.84. The van der Waals surface area contributed by atoms with E-state index in [1.807, 2.05) is 20.0 Å². The molecule has 0 radical (unpaired) electrons. The van der Waals surface area contributed by atoms with Gasteiger partial charge >= 0.3 is 0 Å². The number of hydrogen-bond acceptors (Lipinski definition) is 4. The molecule has 0 amide bonds. The molecule has 100 valence electrons. The van der Waals surface area contributed by atoms with Gasteiger partial charge in [0, 0.05) is 24.5 Å². The summed E-state index contributed by atoms with van der Waals surface area (Å²) < 4.78 is 0. The summed E-state index contributed by atoms with van der Waals surface area (Å²) in [6.07, 6.45) is 1.60. The Bertz CT molecular complexity index is 579. The highest BCUT2D eigenvalue weighted by Gasteiger charge is 2.15. The Hall–Kier alpha value is -1.68. The zero-order valence-corrected chi connectivity index (χ0v) is 12.3. The van der Waals surface area contributed by atoms with Crippen LogP contribution in [-0.4, -0.2) is 22.0 Å². The molecule has 0 aliphatic rings. The summed E-state index contributed by atoms with van der Waals surface area (Å²) in [6, 6.07) is 3.61. The highest BCUT2D eigenvalue weighted by Crippen LogP contribution is 2.27. The van der Waals surface area contributed by atoms with Gasteiger partial charge in [0.1, 0.15) is 11.5 Å². The molecule has 0 aromatic carbocycles. The average Bonchev–Trinajstić information content (AvgIpc) is 2.38. The van der Waals surface area contributed by atoms with E-state index in [0.717, 1.165) is 22.8 Å². The molecule has 0 aliphatic carbocycles. The van der Waals surface area contributed by atoms with Crippen molar-refractivity contribution in [1.82, 2.24) is 15.0 Å². The average molecular weight is 277 g/mol. The molecule has 0 atom stereocenters. The first-order valence-corrected chi connectivity index (χ1v) is 6.59. The summed E-state index contributed by atoms with van der Waals surface area (Å²) >= 11 is 5.84. The predicted molar refractivity (Wildman–Crippen MR) is 78.6 cm³/mol. The minimum atomic E-state index is 0.370. The largest absolute Gasteiger partial charge is 0.373 e. The van der Waals surface area contributed by atoms with E-state index in [4.69, 9.17) is 11.6 Å². The summed E-state index contributed by atoms with van der Waals surface area (Å²) in [4.78, 5) is 13.3. The van der Waals surface area contributed by atoms with Crippen LogP contribution in [0.2, 0.25) is 5.02 Å². The van der Waals surface area contributed by atoms with Crippen molar-refractivity contribution in [3.05, 3.63) is 34.6 Å². The first-order chi connectivity index (χ1) is 9.02. The Morgan fingerprint density at radius 2 is 1.95 bits per heavy atom. The number of nitrogens with one attached hydrogen (secondary N) is 1. The van der Waals surface area contributed by atoms with E-state index in [2.05, 4.69) is 34.1 Å². The van der Waals surface area contributed by atoms with Crippen LogP contribution in [-0.2, 0) is 0 Å². The first kappa shape index (κ1) is 13.7. The topological polar surface area (TPSA) is 50.7 Å². The maximum atomic E-state index is 5.84. The van der Waals surface area contributed by atoms with Gasteiger partial charge in [-0.05, 0) is 25.0 Å². The van der Waals surface area contributed by atoms with E-state index >= 15 is 0 Å². The number of anilines is 1. The fourth-order valence-corrected chi connectivity index (χ4v) is 2.20. The van der Waals surface area contributed by atoms with Gasteiger partial charge in [-0.3, -0.25) is 4.98 Å². The van der Waals surface area contributed by atoms with Crippen molar-refractivity contribution in [1.29, 1.82) is 0 Å². The van der Waals surface area contributed by atoms with Gasteiger partial charge in [0.15, 0.2) is 5.82 Å². The molecule has 0 saturated carbocycles. The second-order valence-corrected chi connectivity index (χ2v) is 5.10. The summed E-state index contributed by atoms with van der Waals surface area (Å²) in [5, 5.41) is 3.74. The zero-order chi connectivity index (χ0) is 14.0. The van der Waals surface area contributed by atoms with E-state index in [9.17, 15) is 0 Å². The van der Waals surface area contributed by atoms with Crippen molar-refractivity contribution in [3.8, 4) is 11.5 Å². The summed E-state index contributed by atoms with van der Waals surface area (Å²) in [7, 11) is 1.87. The van der Waals surface area contributed by atoms with Crippen LogP contribution in [0.4, 0.5) is 5.82 Å². The van der Waals surface area contributed by atoms with Crippen LogP contribution in [0, 0.1) is 6.92 Å². The Kier molecular flexibility index (Phi) is 4.00. The van der Waals surface area contributed by atoms with E-state index < -0.39 is 0 Å². The highest BCUT2D eigenvalue weighted by molar-refractivity contribution is 6.30. The van der Waals surface area contributed by atoms with Crippen molar-refractivity contribution in [2.45, 2.75) is 26.7 Å². The predicted octanol–water partition coefficient (Wildman–Crippen LogP) is 3.67. The van der Waals surface area contributed by atoms with Crippen LogP contribution in [0.1, 0.15) is 31.0 Å². The van der Waals surface area contributed by atoms with Crippen LogP contribution < -0.4 is 5.32 Å². The molecule has 0 bridgehead atoms.